The number of carbonyl (C=O) groups excluding carboxylic acids is 2. The topological polar surface area (TPSA) is 91.2 Å². The lowest BCUT2D eigenvalue weighted by molar-refractivity contribution is -0.131. The standard InChI is InChI=1S/C18H17N3O4/c1-18(13-6-8-15(25-2)9-7-13)16(23)21(17(24)20-18)19-11-12-4-3-5-14(22)10-12/h3-11,22H,1-2H3,(H,20,24)/t18-/m0/s1. The quantitative estimate of drug-likeness (QED) is 0.660. The zero-order valence-corrected chi connectivity index (χ0v) is 13.8. The molecule has 25 heavy (non-hydrogen) atoms. The third-order valence-electron chi connectivity index (χ3n) is 4.03. The molecule has 0 aliphatic carbocycles. The SMILES string of the molecule is COc1ccc([C@]2(C)NC(=O)N(N=Cc3cccc(O)c3)C2=O)cc1. The second kappa shape index (κ2) is 6.27. The molecule has 0 unspecified atom stereocenters. The maximum Gasteiger partial charge on any atom is 0.346 e. The van der Waals surface area contributed by atoms with Crippen LogP contribution in [0.4, 0.5) is 4.79 Å². The Balaban J connectivity index is 1.86. The van der Waals surface area contributed by atoms with Crippen LogP contribution >= 0.6 is 0 Å². The molecule has 0 radical (unpaired) electrons. The summed E-state index contributed by atoms with van der Waals surface area (Å²) in [7, 11) is 1.55. The van der Waals surface area contributed by atoms with Gasteiger partial charge in [0.25, 0.3) is 5.91 Å². The number of nitrogens with one attached hydrogen (secondary N) is 1. The molecule has 7 heteroatoms. The van der Waals surface area contributed by atoms with Crippen LogP contribution in [0.5, 0.6) is 11.5 Å². The number of ether oxygens (including phenoxy) is 1. The monoisotopic (exact) mass is 339 g/mol. The summed E-state index contributed by atoms with van der Waals surface area (Å²) in [5.41, 5.74) is -0.0140. The molecule has 7 nitrogen and oxygen atoms in total. The highest BCUT2D eigenvalue weighted by Gasteiger charge is 2.49. The third-order valence-corrected chi connectivity index (χ3v) is 4.03. The van der Waals surface area contributed by atoms with Crippen LogP contribution in [0.25, 0.3) is 0 Å². The van der Waals surface area contributed by atoms with Crippen molar-refractivity contribution in [3.05, 3.63) is 59.7 Å². The van der Waals surface area contributed by atoms with Crippen molar-refractivity contribution in [1.29, 1.82) is 0 Å². The van der Waals surface area contributed by atoms with Gasteiger partial charge in [-0.05, 0) is 42.3 Å². The molecule has 0 aromatic heterocycles. The molecule has 0 saturated carbocycles. The zero-order chi connectivity index (χ0) is 18.0. The Morgan fingerprint density at radius 2 is 1.92 bits per heavy atom. The van der Waals surface area contributed by atoms with E-state index >= 15 is 0 Å². The number of amides is 3. The van der Waals surface area contributed by atoms with Gasteiger partial charge in [0.15, 0.2) is 0 Å². The molecule has 0 spiro atoms. The molecule has 1 atom stereocenters. The van der Waals surface area contributed by atoms with Crippen LogP contribution < -0.4 is 10.1 Å². The van der Waals surface area contributed by atoms with E-state index in [2.05, 4.69) is 10.4 Å². The average Bonchev–Trinajstić information content (AvgIpc) is 2.83. The van der Waals surface area contributed by atoms with Crippen molar-refractivity contribution in [3.63, 3.8) is 0 Å². The molecule has 0 bridgehead atoms. The number of rotatable bonds is 4. The van der Waals surface area contributed by atoms with Crippen molar-refractivity contribution in [1.82, 2.24) is 10.3 Å². The Morgan fingerprint density at radius 1 is 1.20 bits per heavy atom. The third kappa shape index (κ3) is 3.03. The molecule has 3 amide bonds. The smallest absolute Gasteiger partial charge is 0.346 e. The van der Waals surface area contributed by atoms with Gasteiger partial charge in [0.1, 0.15) is 17.0 Å². The predicted octanol–water partition coefficient (Wildman–Crippen LogP) is 2.20. The highest BCUT2D eigenvalue weighted by atomic mass is 16.5. The van der Waals surface area contributed by atoms with Crippen LogP contribution in [-0.2, 0) is 10.3 Å². The van der Waals surface area contributed by atoms with Crippen molar-refractivity contribution in [2.75, 3.05) is 7.11 Å². The second-order valence-electron chi connectivity index (χ2n) is 5.74. The number of imide groups is 1. The fraction of sp³-hybridized carbons (Fsp3) is 0.167. The van der Waals surface area contributed by atoms with Gasteiger partial charge in [0.05, 0.1) is 13.3 Å². The summed E-state index contributed by atoms with van der Waals surface area (Å²) in [5.74, 6) is 0.242. The van der Waals surface area contributed by atoms with Crippen molar-refractivity contribution >= 4 is 18.2 Å². The van der Waals surface area contributed by atoms with Crippen LogP contribution in [0.3, 0.4) is 0 Å². The van der Waals surface area contributed by atoms with Gasteiger partial charge in [-0.15, -0.1) is 5.01 Å². The normalized spacial score (nSPS) is 20.2. The largest absolute Gasteiger partial charge is 0.508 e. The molecule has 1 saturated heterocycles. The Morgan fingerprint density at radius 3 is 2.56 bits per heavy atom. The zero-order valence-electron chi connectivity index (χ0n) is 13.8. The maximum atomic E-state index is 12.7. The summed E-state index contributed by atoms with van der Waals surface area (Å²) in [4.78, 5) is 24.9. The van der Waals surface area contributed by atoms with Crippen LogP contribution in [0.2, 0.25) is 0 Å². The summed E-state index contributed by atoms with van der Waals surface area (Å²) >= 11 is 0. The highest BCUT2D eigenvalue weighted by molar-refractivity contribution is 6.07. The maximum absolute atomic E-state index is 12.7. The van der Waals surface area contributed by atoms with Gasteiger partial charge in [-0.2, -0.15) is 5.10 Å². The summed E-state index contributed by atoms with van der Waals surface area (Å²) < 4.78 is 5.10. The first kappa shape index (κ1) is 16.5. The number of methoxy groups -OCH3 is 1. The fourth-order valence-electron chi connectivity index (χ4n) is 2.58. The Hall–Kier alpha value is -3.35. The lowest BCUT2D eigenvalue weighted by Crippen LogP contribution is -2.40. The number of benzene rings is 2. The fourth-order valence-corrected chi connectivity index (χ4v) is 2.58. The average molecular weight is 339 g/mol. The molecule has 1 heterocycles. The highest BCUT2D eigenvalue weighted by Crippen LogP contribution is 2.30. The van der Waals surface area contributed by atoms with Crippen molar-refractivity contribution in [2.45, 2.75) is 12.5 Å². The first-order valence-corrected chi connectivity index (χ1v) is 7.58. The number of nitrogens with zero attached hydrogens (tertiary/aromatic N) is 2. The first-order chi connectivity index (χ1) is 11.9. The van der Waals surface area contributed by atoms with Gasteiger partial charge in [-0.1, -0.05) is 24.3 Å². The van der Waals surface area contributed by atoms with Crippen molar-refractivity contribution < 1.29 is 19.4 Å². The van der Waals surface area contributed by atoms with E-state index in [1.165, 1.54) is 18.3 Å². The summed E-state index contributed by atoms with van der Waals surface area (Å²) in [6, 6.07) is 12.6. The molecule has 2 aromatic rings. The Kier molecular flexibility index (Phi) is 4.14. The van der Waals surface area contributed by atoms with Gasteiger partial charge >= 0.3 is 6.03 Å². The van der Waals surface area contributed by atoms with Crippen molar-refractivity contribution in [3.8, 4) is 11.5 Å². The minimum atomic E-state index is -1.21. The number of hydrogen-bond acceptors (Lipinski definition) is 5. The lowest BCUT2D eigenvalue weighted by Gasteiger charge is -2.21. The van der Waals surface area contributed by atoms with Gasteiger partial charge in [0, 0.05) is 0 Å². The Bertz CT molecular complexity index is 848. The molecule has 1 fully saturated rings. The first-order valence-electron chi connectivity index (χ1n) is 7.58. The molecule has 1 aliphatic rings. The number of carbonyl (C=O) groups is 2. The number of hydrazone groups is 1. The number of phenolic OH excluding ortho intramolecular Hbond substituents is 1. The Labute approximate surface area is 144 Å². The predicted molar refractivity (Wildman–Crippen MR) is 91.4 cm³/mol. The van der Waals surface area contributed by atoms with Crippen LogP contribution in [0, 0.1) is 0 Å². The van der Waals surface area contributed by atoms with Crippen LogP contribution in [-0.4, -0.2) is 35.4 Å². The minimum absolute atomic E-state index is 0.0734. The summed E-state index contributed by atoms with van der Waals surface area (Å²) in [6.45, 7) is 1.62. The summed E-state index contributed by atoms with van der Waals surface area (Å²) in [5, 5.41) is 16.9. The van der Waals surface area contributed by atoms with E-state index in [-0.39, 0.29) is 5.75 Å². The molecular formula is C18H17N3O4. The molecule has 3 rings (SSSR count). The van der Waals surface area contributed by atoms with Gasteiger partial charge < -0.3 is 15.2 Å². The minimum Gasteiger partial charge on any atom is -0.508 e. The number of urea groups is 1. The van der Waals surface area contributed by atoms with E-state index in [0.717, 1.165) is 5.01 Å². The van der Waals surface area contributed by atoms with Gasteiger partial charge in [-0.3, -0.25) is 4.79 Å². The van der Waals surface area contributed by atoms with E-state index < -0.39 is 17.5 Å². The molecular weight excluding hydrogens is 322 g/mol. The van der Waals surface area contributed by atoms with E-state index in [1.54, 1.807) is 50.4 Å². The summed E-state index contributed by atoms with van der Waals surface area (Å²) in [6.07, 6.45) is 1.34. The van der Waals surface area contributed by atoms with E-state index in [1.807, 2.05) is 0 Å². The molecule has 1 aliphatic heterocycles. The molecule has 128 valence electrons. The number of hydrogen-bond donors (Lipinski definition) is 2. The molecule has 2 aromatic carbocycles. The van der Waals surface area contributed by atoms with Crippen LogP contribution in [0.1, 0.15) is 18.1 Å². The number of phenols is 1. The van der Waals surface area contributed by atoms with E-state index in [4.69, 9.17) is 4.74 Å². The number of aromatic hydroxyl groups is 1. The van der Waals surface area contributed by atoms with E-state index in [9.17, 15) is 14.7 Å². The van der Waals surface area contributed by atoms with E-state index in [0.29, 0.717) is 16.9 Å². The second-order valence-corrected chi connectivity index (χ2v) is 5.74. The van der Waals surface area contributed by atoms with Gasteiger partial charge in [-0.25, -0.2) is 4.79 Å². The van der Waals surface area contributed by atoms with Crippen LogP contribution in [0.15, 0.2) is 53.6 Å². The van der Waals surface area contributed by atoms with Gasteiger partial charge in [0.2, 0.25) is 0 Å². The lowest BCUT2D eigenvalue weighted by atomic mass is 9.92. The molecule has 2 N–H and O–H groups in total. The van der Waals surface area contributed by atoms with Crippen molar-refractivity contribution in [2.24, 2.45) is 5.10 Å².